The van der Waals surface area contributed by atoms with E-state index in [2.05, 4.69) is 4.98 Å². The summed E-state index contributed by atoms with van der Waals surface area (Å²) < 4.78 is 1.35. The van der Waals surface area contributed by atoms with E-state index >= 15 is 0 Å². The van der Waals surface area contributed by atoms with Crippen molar-refractivity contribution in [2.75, 3.05) is 0 Å². The van der Waals surface area contributed by atoms with Crippen LogP contribution in [-0.4, -0.2) is 27.5 Å². The summed E-state index contributed by atoms with van der Waals surface area (Å²) in [7, 11) is 0. The second-order valence-corrected chi connectivity index (χ2v) is 2.88. The third kappa shape index (κ3) is 1.47. The van der Waals surface area contributed by atoms with Crippen LogP contribution in [0.3, 0.4) is 0 Å². The van der Waals surface area contributed by atoms with Crippen LogP contribution in [0.25, 0.3) is 0 Å². The third-order valence-corrected chi connectivity index (χ3v) is 1.63. The molecule has 0 saturated carbocycles. The van der Waals surface area contributed by atoms with Crippen molar-refractivity contribution < 1.29 is 0 Å². The predicted octanol–water partition coefficient (Wildman–Crippen LogP) is -0.125. The molecule has 1 rings (SSSR count). The van der Waals surface area contributed by atoms with Crippen molar-refractivity contribution in [3.8, 4) is 0 Å². The van der Waals surface area contributed by atoms with Gasteiger partial charge in [0.25, 0.3) is 0 Å². The zero-order chi connectivity index (χ0) is 5.11. The topological polar surface area (TPSA) is 12.9 Å². The van der Waals surface area contributed by atoms with Gasteiger partial charge in [0.15, 0.2) is 0 Å². The minimum absolute atomic E-state index is 1.35. The van der Waals surface area contributed by atoms with E-state index in [0.29, 0.717) is 0 Å². The van der Waals surface area contributed by atoms with Crippen LogP contribution < -0.4 is 3.58 Å². The molecule has 0 aliphatic rings. The van der Waals surface area contributed by atoms with Gasteiger partial charge in [0.2, 0.25) is 0 Å². The number of pyridine rings is 1. The first-order chi connectivity index (χ1) is 3.39. The summed E-state index contributed by atoms with van der Waals surface area (Å²) in [6.07, 6.45) is 3.62. The molecule has 2 heteroatoms. The normalized spacial score (nSPS) is 8.57. The number of nitrogens with zero attached hydrogens (tertiary/aromatic N) is 1. The summed E-state index contributed by atoms with van der Waals surface area (Å²) in [5.74, 6) is 0. The predicted molar refractivity (Wildman–Crippen MR) is 29.6 cm³/mol. The molecule has 0 bridgehead atoms. The van der Waals surface area contributed by atoms with Crippen LogP contribution >= 0.6 is 0 Å². The maximum atomic E-state index is 3.86. The molecule has 2 radical (unpaired) electrons. The van der Waals surface area contributed by atoms with E-state index in [0.717, 1.165) is 0 Å². The van der Waals surface area contributed by atoms with Gasteiger partial charge in [-0.05, 0) is 0 Å². The van der Waals surface area contributed by atoms with Gasteiger partial charge in [-0.1, -0.05) is 0 Å². The second-order valence-electron chi connectivity index (χ2n) is 1.24. The van der Waals surface area contributed by atoms with Crippen LogP contribution in [0.2, 0.25) is 0 Å². The zero-order valence-electron chi connectivity index (χ0n) is 3.76. The molecule has 0 spiro atoms. The molecule has 1 aromatic heterocycles. The fourth-order valence-corrected chi connectivity index (χ4v) is 0.777. The average molecular weight is 197 g/mol. The SMILES string of the molecule is [Sn+][c]1ccncc1. The van der Waals surface area contributed by atoms with Crippen molar-refractivity contribution in [2.24, 2.45) is 0 Å². The van der Waals surface area contributed by atoms with Crippen molar-refractivity contribution in [3.05, 3.63) is 24.5 Å². The molecule has 1 nitrogen and oxygen atoms in total. The van der Waals surface area contributed by atoms with Gasteiger partial charge in [0, 0.05) is 0 Å². The van der Waals surface area contributed by atoms with Crippen LogP contribution in [0.4, 0.5) is 0 Å². The summed E-state index contributed by atoms with van der Waals surface area (Å²) in [5, 5.41) is 0. The molecule has 0 amide bonds. The van der Waals surface area contributed by atoms with Gasteiger partial charge in [0.05, 0.1) is 0 Å². The minimum atomic E-state index is 1.35. The first kappa shape index (κ1) is 5.09. The Morgan fingerprint density at radius 3 is 2.14 bits per heavy atom. The molecular formula is C5H4NSn+. The quantitative estimate of drug-likeness (QED) is 0.528. The van der Waals surface area contributed by atoms with Crippen LogP contribution in [0, 0.1) is 0 Å². The fourth-order valence-electron chi connectivity index (χ4n) is 0.352. The van der Waals surface area contributed by atoms with Crippen molar-refractivity contribution in [1.29, 1.82) is 0 Å². The van der Waals surface area contributed by atoms with Crippen molar-refractivity contribution >= 4 is 26.1 Å². The number of hydrogen-bond acceptors (Lipinski definition) is 1. The van der Waals surface area contributed by atoms with E-state index in [4.69, 9.17) is 0 Å². The standard InChI is InChI=1S/C5H4N.Sn/c1-2-4-6-5-3-1;/h2-5H;/q;+1. The summed E-state index contributed by atoms with van der Waals surface area (Å²) >= 11 is 1.45. The molecule has 1 heterocycles. The van der Waals surface area contributed by atoms with Crippen molar-refractivity contribution in [1.82, 2.24) is 4.98 Å². The molecule has 0 atom stereocenters. The van der Waals surface area contributed by atoms with E-state index in [-0.39, 0.29) is 0 Å². The number of aromatic nitrogens is 1. The van der Waals surface area contributed by atoms with Gasteiger partial charge in [0.1, 0.15) is 0 Å². The Labute approximate surface area is 55.9 Å². The first-order valence-corrected chi connectivity index (χ1v) is 3.44. The molecule has 0 aliphatic heterocycles. The Morgan fingerprint density at radius 1 is 1.29 bits per heavy atom. The summed E-state index contributed by atoms with van der Waals surface area (Å²) in [4.78, 5) is 3.86. The Balaban J connectivity index is 3.02. The van der Waals surface area contributed by atoms with Crippen LogP contribution in [0.1, 0.15) is 0 Å². The van der Waals surface area contributed by atoms with E-state index < -0.39 is 0 Å². The summed E-state index contributed by atoms with van der Waals surface area (Å²) in [6.45, 7) is 0. The molecule has 1 aromatic rings. The number of rotatable bonds is 0. The second kappa shape index (κ2) is 2.31. The van der Waals surface area contributed by atoms with E-state index in [1.165, 1.54) is 26.1 Å². The van der Waals surface area contributed by atoms with Gasteiger partial charge in [-0.3, -0.25) is 0 Å². The molecular weight excluding hydrogens is 193 g/mol. The molecule has 0 aromatic carbocycles. The maximum absolute atomic E-state index is 3.86. The monoisotopic (exact) mass is 198 g/mol. The third-order valence-electron chi connectivity index (χ3n) is 0.680. The fraction of sp³-hybridized carbons (Fsp3) is 0. The summed E-state index contributed by atoms with van der Waals surface area (Å²) in [5.41, 5.74) is 0. The first-order valence-electron chi connectivity index (χ1n) is 2.01. The summed E-state index contributed by atoms with van der Waals surface area (Å²) in [6, 6.07) is 4.02. The molecule has 32 valence electrons. The zero-order valence-corrected chi connectivity index (χ0v) is 6.61. The Morgan fingerprint density at radius 2 is 1.86 bits per heavy atom. The molecule has 0 unspecified atom stereocenters. The van der Waals surface area contributed by atoms with Gasteiger partial charge in [-0.15, -0.1) is 0 Å². The Kier molecular flexibility index (Phi) is 1.68. The average Bonchev–Trinajstić information content (AvgIpc) is 1.69. The van der Waals surface area contributed by atoms with Gasteiger partial charge in [-0.2, -0.15) is 0 Å². The molecule has 7 heavy (non-hydrogen) atoms. The van der Waals surface area contributed by atoms with Crippen LogP contribution in [-0.2, 0) is 0 Å². The van der Waals surface area contributed by atoms with E-state index in [1.807, 2.05) is 24.5 Å². The van der Waals surface area contributed by atoms with E-state index in [9.17, 15) is 0 Å². The molecule has 0 aliphatic carbocycles. The molecule has 0 N–H and O–H groups in total. The van der Waals surface area contributed by atoms with Crippen LogP contribution in [0.5, 0.6) is 0 Å². The van der Waals surface area contributed by atoms with Gasteiger partial charge < -0.3 is 0 Å². The van der Waals surface area contributed by atoms with E-state index in [1.54, 1.807) is 0 Å². The number of hydrogen-bond donors (Lipinski definition) is 0. The Hall–Kier alpha value is -0.0513. The Bertz CT molecular complexity index is 138. The molecule has 0 fully saturated rings. The molecule has 0 saturated heterocycles. The van der Waals surface area contributed by atoms with Crippen molar-refractivity contribution in [3.63, 3.8) is 0 Å². The van der Waals surface area contributed by atoms with Crippen LogP contribution in [0.15, 0.2) is 24.5 Å². The van der Waals surface area contributed by atoms with Crippen molar-refractivity contribution in [2.45, 2.75) is 0 Å². The van der Waals surface area contributed by atoms with Gasteiger partial charge in [-0.25, -0.2) is 0 Å². The van der Waals surface area contributed by atoms with Gasteiger partial charge >= 0.3 is 55.6 Å².